The summed E-state index contributed by atoms with van der Waals surface area (Å²) in [4.78, 5) is 0. The molecule has 0 saturated heterocycles. The second-order valence-corrected chi connectivity index (χ2v) is 8.75. The van der Waals surface area contributed by atoms with Crippen LogP contribution in [0.3, 0.4) is 0 Å². The molecule has 1 N–H and O–H groups in total. The number of methoxy groups -OCH3 is 2. The molecule has 180 valence electrons. The van der Waals surface area contributed by atoms with Crippen LogP contribution in [0, 0.1) is 0 Å². The lowest BCUT2D eigenvalue weighted by molar-refractivity contribution is 0.297. The molecule has 6 heteroatoms. The van der Waals surface area contributed by atoms with Crippen LogP contribution in [0.2, 0.25) is 0 Å². The quantitative estimate of drug-likeness (QED) is 0.220. The Hall–Kier alpha value is -3.64. The van der Waals surface area contributed by atoms with Crippen LogP contribution < -0.4 is 24.3 Å². The van der Waals surface area contributed by atoms with E-state index in [1.165, 1.54) is 0 Å². The van der Waals surface area contributed by atoms with E-state index in [9.17, 15) is 0 Å². The fourth-order valence-electron chi connectivity index (χ4n) is 3.54. The number of rotatable bonds is 11. The van der Waals surface area contributed by atoms with Gasteiger partial charge in [0.1, 0.15) is 24.7 Å². The van der Waals surface area contributed by atoms with Gasteiger partial charge in [0.05, 0.1) is 18.7 Å². The molecule has 0 unspecified atom stereocenters. The molecule has 0 amide bonds. The smallest absolute Gasteiger partial charge is 0.174 e. The van der Waals surface area contributed by atoms with Crippen molar-refractivity contribution in [1.29, 1.82) is 0 Å². The first kappa shape index (κ1) is 24.5. The summed E-state index contributed by atoms with van der Waals surface area (Å²) in [6.07, 6.45) is 0. The molecule has 4 aromatic carbocycles. The van der Waals surface area contributed by atoms with Crippen LogP contribution in [-0.2, 0) is 19.8 Å². The summed E-state index contributed by atoms with van der Waals surface area (Å²) in [5.41, 5.74) is 4.34. The van der Waals surface area contributed by atoms with Crippen molar-refractivity contribution < 1.29 is 18.9 Å². The number of hydrogen-bond donors (Lipinski definition) is 1. The molecular formula is C29H28BrNO4. The first-order valence-corrected chi connectivity index (χ1v) is 12.1. The fraction of sp³-hybridized carbons (Fsp3) is 0.172. The highest BCUT2D eigenvalue weighted by molar-refractivity contribution is 9.10. The number of ether oxygens (including phenoxy) is 4. The summed E-state index contributed by atoms with van der Waals surface area (Å²) < 4.78 is 23.4. The molecule has 0 aromatic heterocycles. The number of halogens is 1. The van der Waals surface area contributed by atoms with Gasteiger partial charge in [-0.15, -0.1) is 0 Å². The van der Waals surface area contributed by atoms with Gasteiger partial charge in [0.2, 0.25) is 0 Å². The van der Waals surface area contributed by atoms with Gasteiger partial charge in [0.25, 0.3) is 0 Å². The van der Waals surface area contributed by atoms with E-state index in [1.807, 2.05) is 66.7 Å². The largest absolute Gasteiger partial charge is 0.493 e. The molecule has 4 rings (SSSR count). The Morgan fingerprint density at radius 2 is 1.26 bits per heavy atom. The highest BCUT2D eigenvalue weighted by Crippen LogP contribution is 2.36. The second kappa shape index (κ2) is 12.2. The van der Waals surface area contributed by atoms with E-state index in [-0.39, 0.29) is 0 Å². The fourth-order valence-corrected chi connectivity index (χ4v) is 4.19. The average molecular weight is 534 g/mol. The first-order chi connectivity index (χ1) is 17.1. The molecular weight excluding hydrogens is 506 g/mol. The minimum absolute atomic E-state index is 0.493. The highest BCUT2D eigenvalue weighted by Gasteiger charge is 2.10. The summed E-state index contributed by atoms with van der Waals surface area (Å²) in [5.74, 6) is 3.01. The molecule has 0 radical (unpaired) electrons. The molecule has 0 heterocycles. The van der Waals surface area contributed by atoms with Crippen molar-refractivity contribution in [2.75, 3.05) is 19.5 Å². The Balaban J connectivity index is 1.25. The molecule has 0 atom stereocenters. The number of nitrogens with one attached hydrogen (secondary N) is 1. The SMILES string of the molecule is COc1cc(CNc2ccc(COc3ccc(OCc4ccccc4)cc3)cc2)cc(Br)c1OC. The van der Waals surface area contributed by atoms with Crippen LogP contribution >= 0.6 is 15.9 Å². The van der Waals surface area contributed by atoms with E-state index < -0.39 is 0 Å². The standard InChI is InChI=1S/C29H28BrNO4/c1-32-28-17-23(16-27(30)29(28)33-2)18-31-24-10-8-22(9-11-24)20-35-26-14-12-25(13-15-26)34-19-21-6-4-3-5-7-21/h3-17,31H,18-20H2,1-2H3. The Kier molecular flexibility index (Phi) is 8.52. The summed E-state index contributed by atoms with van der Waals surface area (Å²) >= 11 is 3.54. The molecule has 5 nitrogen and oxygen atoms in total. The van der Waals surface area contributed by atoms with Gasteiger partial charge >= 0.3 is 0 Å². The Bertz CT molecular complexity index is 1210. The van der Waals surface area contributed by atoms with Crippen LogP contribution in [-0.4, -0.2) is 14.2 Å². The maximum Gasteiger partial charge on any atom is 0.174 e. The summed E-state index contributed by atoms with van der Waals surface area (Å²) in [5, 5.41) is 3.44. The molecule has 0 aliphatic carbocycles. The summed E-state index contributed by atoms with van der Waals surface area (Å²) in [7, 11) is 3.26. The summed E-state index contributed by atoms with van der Waals surface area (Å²) in [6, 6.07) is 30.0. The van der Waals surface area contributed by atoms with Gasteiger partial charge in [-0.1, -0.05) is 42.5 Å². The molecule has 0 bridgehead atoms. The lowest BCUT2D eigenvalue weighted by atomic mass is 10.1. The predicted octanol–water partition coefficient (Wildman–Crippen LogP) is 7.24. The third-order valence-electron chi connectivity index (χ3n) is 5.42. The van der Waals surface area contributed by atoms with Gasteiger partial charge in [-0.2, -0.15) is 0 Å². The zero-order valence-corrected chi connectivity index (χ0v) is 21.4. The van der Waals surface area contributed by atoms with E-state index in [1.54, 1.807) is 14.2 Å². The molecule has 0 saturated carbocycles. The number of benzene rings is 4. The van der Waals surface area contributed by atoms with Crippen molar-refractivity contribution >= 4 is 21.6 Å². The Labute approximate surface area is 214 Å². The zero-order valence-electron chi connectivity index (χ0n) is 19.8. The minimum atomic E-state index is 0.493. The third-order valence-corrected chi connectivity index (χ3v) is 6.01. The van der Waals surface area contributed by atoms with Crippen molar-refractivity contribution in [2.24, 2.45) is 0 Å². The van der Waals surface area contributed by atoms with Crippen LogP contribution in [0.15, 0.2) is 95.5 Å². The summed E-state index contributed by atoms with van der Waals surface area (Å²) in [6.45, 7) is 1.70. The lowest BCUT2D eigenvalue weighted by Gasteiger charge is -2.13. The first-order valence-electron chi connectivity index (χ1n) is 11.3. The van der Waals surface area contributed by atoms with Crippen molar-refractivity contribution in [3.63, 3.8) is 0 Å². The lowest BCUT2D eigenvalue weighted by Crippen LogP contribution is -2.02. The van der Waals surface area contributed by atoms with Crippen LogP contribution in [0.25, 0.3) is 0 Å². The molecule has 4 aromatic rings. The van der Waals surface area contributed by atoms with Gasteiger partial charge in [0, 0.05) is 12.2 Å². The van der Waals surface area contributed by atoms with E-state index >= 15 is 0 Å². The maximum absolute atomic E-state index is 5.93. The number of anilines is 1. The monoisotopic (exact) mass is 533 g/mol. The van der Waals surface area contributed by atoms with Crippen LogP contribution in [0.1, 0.15) is 16.7 Å². The van der Waals surface area contributed by atoms with Gasteiger partial charge in [-0.25, -0.2) is 0 Å². The Morgan fingerprint density at radius 1 is 0.657 bits per heavy atom. The topological polar surface area (TPSA) is 49.0 Å². The predicted molar refractivity (Wildman–Crippen MR) is 143 cm³/mol. The third kappa shape index (κ3) is 6.93. The highest BCUT2D eigenvalue weighted by atomic mass is 79.9. The molecule has 35 heavy (non-hydrogen) atoms. The van der Waals surface area contributed by atoms with Crippen molar-refractivity contribution in [3.05, 3.63) is 112 Å². The van der Waals surface area contributed by atoms with Gasteiger partial charge < -0.3 is 24.3 Å². The molecule has 0 aliphatic heterocycles. The van der Waals surface area contributed by atoms with Crippen molar-refractivity contribution in [3.8, 4) is 23.0 Å². The van der Waals surface area contributed by atoms with E-state index in [0.29, 0.717) is 31.3 Å². The van der Waals surface area contributed by atoms with Crippen molar-refractivity contribution in [1.82, 2.24) is 0 Å². The second-order valence-electron chi connectivity index (χ2n) is 7.90. The molecule has 0 aliphatic rings. The van der Waals surface area contributed by atoms with Crippen LogP contribution in [0.4, 0.5) is 5.69 Å². The normalized spacial score (nSPS) is 10.5. The van der Waals surface area contributed by atoms with Gasteiger partial charge in [-0.05, 0) is 81.2 Å². The minimum Gasteiger partial charge on any atom is -0.493 e. The Morgan fingerprint density at radius 3 is 1.83 bits per heavy atom. The molecule has 0 spiro atoms. The number of hydrogen-bond acceptors (Lipinski definition) is 5. The van der Waals surface area contributed by atoms with E-state index in [4.69, 9.17) is 18.9 Å². The zero-order chi connectivity index (χ0) is 24.5. The molecule has 0 fully saturated rings. The average Bonchev–Trinajstić information content (AvgIpc) is 2.91. The van der Waals surface area contributed by atoms with Gasteiger partial charge in [0.15, 0.2) is 11.5 Å². The van der Waals surface area contributed by atoms with Crippen molar-refractivity contribution in [2.45, 2.75) is 19.8 Å². The van der Waals surface area contributed by atoms with Gasteiger partial charge in [-0.3, -0.25) is 0 Å². The van der Waals surface area contributed by atoms with E-state index in [2.05, 4.69) is 45.5 Å². The van der Waals surface area contributed by atoms with Crippen LogP contribution in [0.5, 0.6) is 23.0 Å². The maximum atomic E-state index is 5.93. The van der Waals surface area contributed by atoms with E-state index in [0.717, 1.165) is 38.3 Å².